The average Bonchev–Trinajstić information content (AvgIpc) is 2.09. The molecule has 1 heterocycles. The van der Waals surface area contributed by atoms with E-state index in [1.165, 1.54) is 0 Å². The van der Waals surface area contributed by atoms with Gasteiger partial charge in [-0.2, -0.15) is 10.5 Å². The van der Waals surface area contributed by atoms with E-state index >= 15 is 0 Å². The summed E-state index contributed by atoms with van der Waals surface area (Å²) in [5.41, 5.74) is 0.759. The van der Waals surface area contributed by atoms with E-state index < -0.39 is 9.84 Å². The van der Waals surface area contributed by atoms with Crippen LogP contribution in [0.5, 0.6) is 0 Å². The minimum absolute atomic E-state index is 0.0647. The number of hydrogen-bond acceptors (Lipinski definition) is 4. The molecule has 1 aliphatic heterocycles. The summed E-state index contributed by atoms with van der Waals surface area (Å²) >= 11 is 0. The van der Waals surface area contributed by atoms with Crippen LogP contribution < -0.4 is 0 Å². The van der Waals surface area contributed by atoms with E-state index in [2.05, 4.69) is 0 Å². The van der Waals surface area contributed by atoms with Crippen LogP contribution in [0.4, 0.5) is 0 Å². The predicted octanol–water partition coefficient (Wildman–Crippen LogP) is 0.539. The second-order valence-electron chi connectivity index (χ2n) is 2.85. The van der Waals surface area contributed by atoms with Crippen molar-refractivity contribution in [1.29, 1.82) is 10.5 Å². The minimum Gasteiger partial charge on any atom is -0.229 e. The molecule has 0 radical (unpaired) electrons. The molecule has 0 N–H and O–H groups in total. The van der Waals surface area contributed by atoms with Gasteiger partial charge in [0.15, 0.2) is 9.84 Å². The number of hydrogen-bond donors (Lipinski definition) is 0. The van der Waals surface area contributed by atoms with E-state index in [1.807, 2.05) is 0 Å². The molecule has 0 aromatic carbocycles. The third kappa shape index (κ3) is 2.30. The highest BCUT2D eigenvalue weighted by Gasteiger charge is 2.21. The first-order valence-electron chi connectivity index (χ1n) is 3.82. The van der Waals surface area contributed by atoms with Crippen molar-refractivity contribution in [3.63, 3.8) is 0 Å². The number of allylic oxidation sites excluding steroid dienone is 2. The summed E-state index contributed by atoms with van der Waals surface area (Å²) in [6.45, 7) is 0. The predicted molar refractivity (Wildman–Crippen MR) is 46.1 cm³/mol. The highest BCUT2D eigenvalue weighted by Crippen LogP contribution is 2.20. The molecular weight excluding hydrogens is 188 g/mol. The molecule has 4 nitrogen and oxygen atoms in total. The number of sulfone groups is 1. The molecule has 0 aromatic heterocycles. The van der Waals surface area contributed by atoms with Crippen molar-refractivity contribution in [3.8, 4) is 12.1 Å². The maximum absolute atomic E-state index is 11.0. The lowest BCUT2D eigenvalue weighted by atomic mass is 10.1. The number of nitriles is 2. The number of nitrogens with zero attached hydrogens (tertiary/aromatic N) is 2. The molecule has 0 bridgehead atoms. The van der Waals surface area contributed by atoms with Crippen molar-refractivity contribution in [3.05, 3.63) is 11.1 Å². The van der Waals surface area contributed by atoms with Gasteiger partial charge >= 0.3 is 0 Å². The first-order valence-corrected chi connectivity index (χ1v) is 5.64. The smallest absolute Gasteiger partial charge is 0.150 e. The zero-order valence-electron chi connectivity index (χ0n) is 6.95. The van der Waals surface area contributed by atoms with Crippen molar-refractivity contribution in [2.24, 2.45) is 0 Å². The Morgan fingerprint density at radius 3 is 2.00 bits per heavy atom. The largest absolute Gasteiger partial charge is 0.229 e. The van der Waals surface area contributed by atoms with Gasteiger partial charge in [0.1, 0.15) is 17.7 Å². The molecule has 13 heavy (non-hydrogen) atoms. The molecule has 0 spiro atoms. The molecule has 0 amide bonds. The van der Waals surface area contributed by atoms with E-state index in [4.69, 9.17) is 10.5 Å². The van der Waals surface area contributed by atoms with Gasteiger partial charge in [-0.05, 0) is 18.4 Å². The first kappa shape index (κ1) is 9.76. The van der Waals surface area contributed by atoms with E-state index in [0.29, 0.717) is 18.4 Å². The summed E-state index contributed by atoms with van der Waals surface area (Å²) in [4.78, 5) is 0. The Morgan fingerprint density at radius 2 is 1.62 bits per heavy atom. The van der Waals surface area contributed by atoms with Crippen molar-refractivity contribution >= 4 is 9.84 Å². The van der Waals surface area contributed by atoms with E-state index in [1.54, 1.807) is 12.1 Å². The average molecular weight is 196 g/mol. The van der Waals surface area contributed by atoms with Crippen LogP contribution in [0.1, 0.15) is 12.8 Å². The first-order chi connectivity index (χ1) is 6.09. The van der Waals surface area contributed by atoms with Gasteiger partial charge in [0.25, 0.3) is 0 Å². The quantitative estimate of drug-likeness (QED) is 0.529. The second kappa shape index (κ2) is 3.59. The zero-order chi connectivity index (χ0) is 9.90. The van der Waals surface area contributed by atoms with Crippen LogP contribution in [0.2, 0.25) is 0 Å². The lowest BCUT2D eigenvalue weighted by Crippen LogP contribution is -2.18. The highest BCUT2D eigenvalue weighted by atomic mass is 32.2. The fourth-order valence-electron chi connectivity index (χ4n) is 1.22. The molecule has 0 saturated carbocycles. The van der Waals surface area contributed by atoms with Crippen LogP contribution in [-0.2, 0) is 9.84 Å². The third-order valence-corrected chi connectivity index (χ3v) is 3.66. The molecule has 0 aromatic rings. The summed E-state index contributed by atoms with van der Waals surface area (Å²) in [7, 11) is -2.92. The highest BCUT2D eigenvalue weighted by molar-refractivity contribution is 7.91. The second-order valence-corrected chi connectivity index (χ2v) is 5.16. The van der Waals surface area contributed by atoms with Gasteiger partial charge in [-0.25, -0.2) is 8.42 Å². The summed E-state index contributed by atoms with van der Waals surface area (Å²) in [5.74, 6) is 0.129. The maximum atomic E-state index is 11.0. The Morgan fingerprint density at radius 1 is 1.15 bits per heavy atom. The zero-order valence-corrected chi connectivity index (χ0v) is 7.76. The summed E-state index contributed by atoms with van der Waals surface area (Å²) in [6.07, 6.45) is 0.664. The molecule has 1 fully saturated rings. The van der Waals surface area contributed by atoms with Crippen molar-refractivity contribution in [2.75, 3.05) is 11.5 Å². The van der Waals surface area contributed by atoms with Gasteiger partial charge in [0.2, 0.25) is 0 Å². The standard InChI is InChI=1S/C8H8N2O2S/c9-5-8(6-10)7-1-3-13(11,12)4-2-7/h1-4H2. The SMILES string of the molecule is N#CC(C#N)=C1CCS(=O)(=O)CC1. The van der Waals surface area contributed by atoms with Crippen molar-refractivity contribution in [2.45, 2.75) is 12.8 Å². The molecule has 0 aliphatic carbocycles. The lowest BCUT2D eigenvalue weighted by Gasteiger charge is -2.13. The Hall–Kier alpha value is -1.33. The van der Waals surface area contributed by atoms with E-state index in [0.717, 1.165) is 0 Å². The monoisotopic (exact) mass is 196 g/mol. The van der Waals surface area contributed by atoms with E-state index in [-0.39, 0.29) is 17.1 Å². The van der Waals surface area contributed by atoms with Crippen molar-refractivity contribution in [1.82, 2.24) is 0 Å². The Kier molecular flexibility index (Phi) is 2.69. The van der Waals surface area contributed by atoms with Gasteiger partial charge in [-0.1, -0.05) is 0 Å². The van der Waals surface area contributed by atoms with Gasteiger partial charge in [0.05, 0.1) is 11.5 Å². The van der Waals surface area contributed by atoms with Crippen LogP contribution in [0.3, 0.4) is 0 Å². The molecule has 0 unspecified atom stereocenters. The Balaban J connectivity index is 2.89. The molecule has 5 heteroatoms. The maximum Gasteiger partial charge on any atom is 0.150 e. The van der Waals surface area contributed by atoms with Crippen LogP contribution in [0.15, 0.2) is 11.1 Å². The molecule has 1 aliphatic rings. The molecule has 1 rings (SSSR count). The molecule has 1 saturated heterocycles. The van der Waals surface area contributed by atoms with Crippen LogP contribution >= 0.6 is 0 Å². The Bertz CT molecular complexity index is 388. The van der Waals surface area contributed by atoms with E-state index in [9.17, 15) is 8.42 Å². The van der Waals surface area contributed by atoms with Crippen LogP contribution in [0, 0.1) is 22.7 Å². The van der Waals surface area contributed by atoms with Crippen LogP contribution in [-0.4, -0.2) is 19.9 Å². The fraction of sp³-hybridized carbons (Fsp3) is 0.500. The topological polar surface area (TPSA) is 81.7 Å². The summed E-state index contributed by atoms with van der Waals surface area (Å²) < 4.78 is 22.0. The van der Waals surface area contributed by atoms with Gasteiger partial charge < -0.3 is 0 Å². The number of rotatable bonds is 0. The fourth-order valence-corrected chi connectivity index (χ4v) is 2.54. The summed E-state index contributed by atoms with van der Waals surface area (Å²) in [6, 6.07) is 3.54. The van der Waals surface area contributed by atoms with Gasteiger partial charge in [-0.3, -0.25) is 0 Å². The third-order valence-electron chi connectivity index (χ3n) is 2.01. The normalized spacial score (nSPS) is 20.0. The van der Waals surface area contributed by atoms with Gasteiger partial charge in [0, 0.05) is 0 Å². The lowest BCUT2D eigenvalue weighted by molar-refractivity contribution is 0.588. The molecular formula is C8H8N2O2S. The van der Waals surface area contributed by atoms with Crippen LogP contribution in [0.25, 0.3) is 0 Å². The minimum atomic E-state index is -2.92. The van der Waals surface area contributed by atoms with Crippen molar-refractivity contribution < 1.29 is 8.42 Å². The Labute approximate surface area is 77.0 Å². The molecule has 0 atom stereocenters. The van der Waals surface area contributed by atoms with Gasteiger partial charge in [-0.15, -0.1) is 0 Å². The summed E-state index contributed by atoms with van der Waals surface area (Å²) in [5, 5.41) is 17.1. The molecule has 68 valence electrons.